The lowest BCUT2D eigenvalue weighted by atomic mass is 9.94. The molecule has 0 radical (unpaired) electrons. The average molecular weight is 487 g/mol. The van der Waals surface area contributed by atoms with Crippen molar-refractivity contribution in [1.29, 1.82) is 0 Å². The summed E-state index contributed by atoms with van der Waals surface area (Å²) in [5.74, 6) is 1.13. The van der Waals surface area contributed by atoms with Crippen LogP contribution in [0.4, 0.5) is 10.1 Å². The number of ether oxygens (including phenoxy) is 1. The molecule has 35 heavy (non-hydrogen) atoms. The van der Waals surface area contributed by atoms with E-state index in [4.69, 9.17) is 21.5 Å². The maximum atomic E-state index is 13.4. The van der Waals surface area contributed by atoms with Gasteiger partial charge in [0.05, 0.1) is 24.4 Å². The highest BCUT2D eigenvalue weighted by atomic mass is 32.1. The van der Waals surface area contributed by atoms with Gasteiger partial charge in [0, 0.05) is 17.3 Å². The Bertz CT molecular complexity index is 1410. The molecule has 176 valence electrons. The van der Waals surface area contributed by atoms with E-state index in [0.29, 0.717) is 22.4 Å². The van der Waals surface area contributed by atoms with E-state index in [0.717, 1.165) is 33.8 Å². The maximum absolute atomic E-state index is 13.4. The van der Waals surface area contributed by atoms with Gasteiger partial charge in [0.25, 0.3) is 5.89 Å². The van der Waals surface area contributed by atoms with Crippen molar-refractivity contribution in [2.24, 2.45) is 0 Å². The average Bonchev–Trinajstić information content (AvgIpc) is 3.34. The van der Waals surface area contributed by atoms with E-state index >= 15 is 0 Å². The minimum absolute atomic E-state index is 0.300. The fourth-order valence-electron chi connectivity index (χ4n) is 4.14. The number of allylic oxidation sites excluding steroid dienone is 1. The summed E-state index contributed by atoms with van der Waals surface area (Å²) in [4.78, 5) is 6.60. The molecule has 0 saturated heterocycles. The van der Waals surface area contributed by atoms with Crippen LogP contribution in [0.25, 0.3) is 17.0 Å². The van der Waals surface area contributed by atoms with Crippen LogP contribution in [0.15, 0.2) is 83.0 Å². The van der Waals surface area contributed by atoms with E-state index in [9.17, 15) is 4.39 Å². The number of anilines is 1. The fraction of sp³-hybridized carbons (Fsp3) is 0.148. The highest BCUT2D eigenvalue weighted by molar-refractivity contribution is 7.80. The Morgan fingerprint density at radius 3 is 2.49 bits per heavy atom. The third-order valence-electron chi connectivity index (χ3n) is 5.97. The monoisotopic (exact) mass is 486 g/mol. The summed E-state index contributed by atoms with van der Waals surface area (Å²) in [5.41, 5.74) is 5.32. The van der Waals surface area contributed by atoms with Crippen LogP contribution in [-0.4, -0.2) is 22.4 Å². The minimum atomic E-state index is -0.325. The van der Waals surface area contributed by atoms with Gasteiger partial charge in [0.15, 0.2) is 5.11 Å². The van der Waals surface area contributed by atoms with Crippen molar-refractivity contribution in [3.8, 4) is 17.1 Å². The lowest BCUT2D eigenvalue weighted by Gasteiger charge is -2.37. The van der Waals surface area contributed by atoms with Crippen molar-refractivity contribution in [3.05, 3.63) is 101 Å². The standard InChI is InChI=1S/C27H23FN4O2S/c1-16-7-9-18(10-8-16)24-23(26-30-25(31-34-26)19-11-13-20(28)14-12-19)17(2)32(27(35)29-24)21-5-4-6-22(15-21)33-3/h4-15,24H,1-3H3,(H,29,35). The molecule has 1 unspecified atom stereocenters. The molecule has 0 saturated carbocycles. The molecule has 3 aromatic carbocycles. The molecule has 8 heteroatoms. The number of thiocarbonyl (C=S) groups is 1. The van der Waals surface area contributed by atoms with Gasteiger partial charge in [-0.2, -0.15) is 4.98 Å². The van der Waals surface area contributed by atoms with Crippen LogP contribution in [0.2, 0.25) is 0 Å². The molecule has 5 rings (SSSR count). The Hall–Kier alpha value is -4.04. The van der Waals surface area contributed by atoms with Gasteiger partial charge in [-0.25, -0.2) is 4.39 Å². The van der Waals surface area contributed by atoms with Crippen molar-refractivity contribution in [3.63, 3.8) is 0 Å². The van der Waals surface area contributed by atoms with E-state index in [2.05, 4.69) is 39.7 Å². The van der Waals surface area contributed by atoms with Crippen molar-refractivity contribution < 1.29 is 13.7 Å². The second-order valence-corrected chi connectivity index (χ2v) is 8.65. The molecule has 2 heterocycles. The SMILES string of the molecule is COc1cccc(N2C(=S)NC(c3ccc(C)cc3)C(c3nc(-c4ccc(F)cc4)no3)=C2C)c1. The van der Waals surface area contributed by atoms with Crippen LogP contribution >= 0.6 is 12.2 Å². The van der Waals surface area contributed by atoms with Crippen molar-refractivity contribution >= 4 is 28.6 Å². The minimum Gasteiger partial charge on any atom is -0.497 e. The first-order valence-corrected chi connectivity index (χ1v) is 11.5. The predicted molar refractivity (Wildman–Crippen MR) is 137 cm³/mol. The molecule has 1 aliphatic rings. The molecular formula is C27H23FN4O2S. The van der Waals surface area contributed by atoms with Crippen LogP contribution < -0.4 is 15.0 Å². The lowest BCUT2D eigenvalue weighted by molar-refractivity contribution is 0.404. The molecule has 1 aliphatic heterocycles. The van der Waals surface area contributed by atoms with E-state index in [1.807, 2.05) is 43.0 Å². The number of rotatable bonds is 5. The van der Waals surface area contributed by atoms with E-state index in [-0.39, 0.29) is 11.9 Å². The van der Waals surface area contributed by atoms with Crippen LogP contribution in [0.1, 0.15) is 30.0 Å². The summed E-state index contributed by atoms with van der Waals surface area (Å²) in [6.45, 7) is 4.02. The van der Waals surface area contributed by atoms with Crippen molar-refractivity contribution in [2.45, 2.75) is 19.9 Å². The van der Waals surface area contributed by atoms with Crippen LogP contribution in [0, 0.1) is 12.7 Å². The molecule has 4 aromatic rings. The normalized spacial score (nSPS) is 15.8. The molecule has 6 nitrogen and oxygen atoms in total. The zero-order valence-electron chi connectivity index (χ0n) is 19.4. The quantitative estimate of drug-likeness (QED) is 0.344. The van der Waals surface area contributed by atoms with Gasteiger partial charge in [-0.3, -0.25) is 4.90 Å². The topological polar surface area (TPSA) is 63.4 Å². The number of aromatic nitrogens is 2. The second kappa shape index (κ2) is 9.31. The van der Waals surface area contributed by atoms with Gasteiger partial charge in [0.1, 0.15) is 11.6 Å². The third kappa shape index (κ3) is 4.40. The van der Waals surface area contributed by atoms with Gasteiger partial charge in [0.2, 0.25) is 5.82 Å². The summed E-state index contributed by atoms with van der Waals surface area (Å²) in [6.07, 6.45) is 0. The molecule has 0 aliphatic carbocycles. The first-order valence-electron chi connectivity index (χ1n) is 11.1. The number of aryl methyl sites for hydroxylation is 1. The van der Waals surface area contributed by atoms with Crippen molar-refractivity contribution in [2.75, 3.05) is 12.0 Å². The number of nitrogens with one attached hydrogen (secondary N) is 1. The first kappa shape index (κ1) is 22.7. The molecular weight excluding hydrogens is 463 g/mol. The van der Waals surface area contributed by atoms with Gasteiger partial charge in [-0.1, -0.05) is 41.1 Å². The third-order valence-corrected chi connectivity index (χ3v) is 6.27. The molecule has 0 spiro atoms. The highest BCUT2D eigenvalue weighted by Crippen LogP contribution is 2.39. The first-order chi connectivity index (χ1) is 16.9. The van der Waals surface area contributed by atoms with Crippen molar-refractivity contribution in [1.82, 2.24) is 15.5 Å². The molecule has 0 bridgehead atoms. The summed E-state index contributed by atoms with van der Waals surface area (Å²) in [6, 6.07) is 21.6. The van der Waals surface area contributed by atoms with Gasteiger partial charge in [-0.15, -0.1) is 0 Å². The molecule has 0 fully saturated rings. The lowest BCUT2D eigenvalue weighted by Crippen LogP contribution is -2.46. The Morgan fingerprint density at radius 2 is 1.77 bits per heavy atom. The molecule has 1 N–H and O–H groups in total. The Balaban J connectivity index is 1.65. The summed E-state index contributed by atoms with van der Waals surface area (Å²) in [7, 11) is 1.63. The number of hydrogen-bond acceptors (Lipinski definition) is 5. The maximum Gasteiger partial charge on any atom is 0.258 e. The van der Waals surface area contributed by atoms with E-state index in [1.165, 1.54) is 12.1 Å². The largest absolute Gasteiger partial charge is 0.497 e. The zero-order chi connectivity index (χ0) is 24.5. The Labute approximate surface area is 208 Å². The smallest absolute Gasteiger partial charge is 0.258 e. The number of halogens is 1. The number of benzene rings is 3. The van der Waals surface area contributed by atoms with Gasteiger partial charge in [-0.05, 0) is 68.0 Å². The number of methoxy groups -OCH3 is 1. The predicted octanol–water partition coefficient (Wildman–Crippen LogP) is 6.06. The van der Waals surface area contributed by atoms with Crippen LogP contribution in [-0.2, 0) is 0 Å². The van der Waals surface area contributed by atoms with Gasteiger partial charge >= 0.3 is 0 Å². The molecule has 1 aromatic heterocycles. The Morgan fingerprint density at radius 1 is 1.03 bits per heavy atom. The highest BCUT2D eigenvalue weighted by Gasteiger charge is 2.34. The molecule has 1 atom stereocenters. The van der Waals surface area contributed by atoms with E-state index in [1.54, 1.807) is 19.2 Å². The molecule has 0 amide bonds. The second-order valence-electron chi connectivity index (χ2n) is 8.26. The summed E-state index contributed by atoms with van der Waals surface area (Å²) >= 11 is 5.80. The fourth-order valence-corrected chi connectivity index (χ4v) is 4.50. The van der Waals surface area contributed by atoms with E-state index < -0.39 is 0 Å². The number of nitrogens with zero attached hydrogens (tertiary/aromatic N) is 3. The summed E-state index contributed by atoms with van der Waals surface area (Å²) in [5, 5.41) is 8.17. The Kier molecular flexibility index (Phi) is 6.05. The summed E-state index contributed by atoms with van der Waals surface area (Å²) < 4.78 is 24.6. The van der Waals surface area contributed by atoms with Gasteiger partial charge < -0.3 is 14.6 Å². The van der Waals surface area contributed by atoms with Crippen LogP contribution in [0.3, 0.4) is 0 Å². The zero-order valence-corrected chi connectivity index (χ0v) is 20.3. The number of hydrogen-bond donors (Lipinski definition) is 1. The van der Waals surface area contributed by atoms with Crippen LogP contribution in [0.5, 0.6) is 5.75 Å².